The molecule has 1 atom stereocenters. The van der Waals surface area contributed by atoms with Gasteiger partial charge in [-0.25, -0.2) is 13.2 Å². The van der Waals surface area contributed by atoms with E-state index < -0.39 is 40.3 Å². The summed E-state index contributed by atoms with van der Waals surface area (Å²) in [4.78, 5) is 23.0. The van der Waals surface area contributed by atoms with Gasteiger partial charge in [0, 0.05) is 6.54 Å². The summed E-state index contributed by atoms with van der Waals surface area (Å²) in [6.45, 7) is 6.33. The third-order valence-electron chi connectivity index (χ3n) is 3.09. The molecular weight excluding hydrogens is 348 g/mol. The molecule has 3 N–H and O–H groups in total. The Morgan fingerprint density at radius 3 is 2.36 bits per heavy atom. The lowest BCUT2D eigenvalue weighted by molar-refractivity contribution is -0.138. The van der Waals surface area contributed by atoms with Gasteiger partial charge in [0.2, 0.25) is 10.0 Å². The summed E-state index contributed by atoms with van der Waals surface area (Å²) in [6.07, 6.45) is -0.350. The van der Waals surface area contributed by atoms with Gasteiger partial charge in [-0.3, -0.25) is 4.79 Å². The van der Waals surface area contributed by atoms with Crippen LogP contribution in [0, 0.1) is 0 Å². The fourth-order valence-electron chi connectivity index (χ4n) is 1.99. The lowest BCUT2D eigenvalue weighted by Crippen LogP contribution is -2.49. The molecular formula is C16H24N2O6S. The monoisotopic (exact) mass is 372 g/mol. The first-order chi connectivity index (χ1) is 11.5. The standard InChI is InChI=1S/C16H24N2O6S/c1-5-11-8-6-7-9-13(11)25(22,23)18-12(14(19)20)10-17-15(21)24-16(2,3)4/h6-9,12,18H,5,10H2,1-4H3,(H,17,21)(H,19,20). The fraction of sp³-hybridized carbons (Fsp3) is 0.500. The van der Waals surface area contributed by atoms with Crippen molar-refractivity contribution in [1.29, 1.82) is 0 Å². The average molecular weight is 372 g/mol. The van der Waals surface area contributed by atoms with Crippen molar-refractivity contribution in [3.63, 3.8) is 0 Å². The van der Waals surface area contributed by atoms with Crippen LogP contribution in [0.3, 0.4) is 0 Å². The molecule has 0 bridgehead atoms. The van der Waals surface area contributed by atoms with E-state index in [2.05, 4.69) is 10.0 Å². The molecule has 0 aliphatic heterocycles. The number of rotatable bonds is 7. The van der Waals surface area contributed by atoms with Crippen molar-refractivity contribution in [1.82, 2.24) is 10.0 Å². The molecule has 1 unspecified atom stereocenters. The van der Waals surface area contributed by atoms with Crippen LogP contribution in [0.2, 0.25) is 0 Å². The molecule has 140 valence electrons. The first kappa shape index (κ1) is 20.9. The van der Waals surface area contributed by atoms with Crippen LogP contribution in [0.25, 0.3) is 0 Å². The van der Waals surface area contributed by atoms with E-state index in [-0.39, 0.29) is 4.90 Å². The SMILES string of the molecule is CCc1ccccc1S(=O)(=O)NC(CNC(=O)OC(C)(C)C)C(=O)O. The molecule has 0 aliphatic carbocycles. The summed E-state index contributed by atoms with van der Waals surface area (Å²) in [5.74, 6) is -1.41. The molecule has 1 amide bonds. The lowest BCUT2D eigenvalue weighted by atomic mass is 10.2. The zero-order valence-corrected chi connectivity index (χ0v) is 15.5. The topological polar surface area (TPSA) is 122 Å². The largest absolute Gasteiger partial charge is 0.480 e. The highest BCUT2D eigenvalue weighted by atomic mass is 32.2. The van der Waals surface area contributed by atoms with E-state index in [9.17, 15) is 23.1 Å². The van der Waals surface area contributed by atoms with Crippen molar-refractivity contribution in [2.24, 2.45) is 0 Å². The number of nitrogens with one attached hydrogen (secondary N) is 2. The highest BCUT2D eigenvalue weighted by Crippen LogP contribution is 2.16. The maximum absolute atomic E-state index is 12.5. The van der Waals surface area contributed by atoms with Crippen molar-refractivity contribution in [2.45, 2.75) is 50.7 Å². The molecule has 25 heavy (non-hydrogen) atoms. The number of hydrogen-bond acceptors (Lipinski definition) is 5. The van der Waals surface area contributed by atoms with Gasteiger partial charge in [0.1, 0.15) is 11.6 Å². The smallest absolute Gasteiger partial charge is 0.407 e. The highest BCUT2D eigenvalue weighted by molar-refractivity contribution is 7.89. The van der Waals surface area contributed by atoms with E-state index in [0.717, 1.165) is 0 Å². The summed E-state index contributed by atoms with van der Waals surface area (Å²) in [7, 11) is -4.05. The molecule has 1 aromatic rings. The van der Waals surface area contributed by atoms with E-state index in [4.69, 9.17) is 4.74 Å². The second-order valence-electron chi connectivity index (χ2n) is 6.36. The zero-order chi connectivity index (χ0) is 19.3. The van der Waals surface area contributed by atoms with Crippen LogP contribution in [0.15, 0.2) is 29.2 Å². The van der Waals surface area contributed by atoms with Gasteiger partial charge in [0.05, 0.1) is 4.90 Å². The third-order valence-corrected chi connectivity index (χ3v) is 4.66. The van der Waals surface area contributed by atoms with Gasteiger partial charge in [-0.2, -0.15) is 4.72 Å². The Labute approximate surface area is 147 Å². The number of amides is 1. The highest BCUT2D eigenvalue weighted by Gasteiger charge is 2.27. The minimum atomic E-state index is -4.05. The van der Waals surface area contributed by atoms with Gasteiger partial charge in [-0.1, -0.05) is 25.1 Å². The molecule has 0 aromatic heterocycles. The minimum Gasteiger partial charge on any atom is -0.480 e. The molecule has 1 aromatic carbocycles. The quantitative estimate of drug-likeness (QED) is 0.667. The first-order valence-corrected chi connectivity index (χ1v) is 9.24. The second-order valence-corrected chi connectivity index (χ2v) is 8.04. The van der Waals surface area contributed by atoms with E-state index in [1.807, 2.05) is 0 Å². The summed E-state index contributed by atoms with van der Waals surface area (Å²) in [5, 5.41) is 11.5. The Bertz CT molecular complexity index is 724. The number of ether oxygens (including phenoxy) is 1. The van der Waals surface area contributed by atoms with Gasteiger partial charge in [0.25, 0.3) is 0 Å². The summed E-state index contributed by atoms with van der Waals surface area (Å²) in [5.41, 5.74) is -0.179. The second kappa shape index (κ2) is 8.30. The van der Waals surface area contributed by atoms with Crippen LogP contribution in [-0.4, -0.2) is 43.8 Å². The molecule has 0 radical (unpaired) electrons. The van der Waals surface area contributed by atoms with E-state index in [1.54, 1.807) is 45.9 Å². The number of carbonyl (C=O) groups excluding carboxylic acids is 1. The predicted octanol–water partition coefficient (Wildman–Crippen LogP) is 1.51. The first-order valence-electron chi connectivity index (χ1n) is 7.76. The summed E-state index contributed by atoms with van der Waals surface area (Å²) in [6, 6.07) is 4.80. The van der Waals surface area contributed by atoms with E-state index >= 15 is 0 Å². The fourth-order valence-corrected chi connectivity index (χ4v) is 3.49. The Morgan fingerprint density at radius 1 is 1.24 bits per heavy atom. The molecule has 0 fully saturated rings. The molecule has 0 saturated carbocycles. The Hall–Kier alpha value is -2.13. The molecule has 9 heteroatoms. The maximum Gasteiger partial charge on any atom is 0.407 e. The van der Waals surface area contributed by atoms with Crippen molar-refractivity contribution in [3.8, 4) is 0 Å². The number of alkyl carbamates (subject to hydrolysis) is 1. The molecule has 0 heterocycles. The van der Waals surface area contributed by atoms with Crippen molar-refractivity contribution in [2.75, 3.05) is 6.54 Å². The third kappa shape index (κ3) is 6.71. The van der Waals surface area contributed by atoms with Crippen LogP contribution in [0.5, 0.6) is 0 Å². The van der Waals surface area contributed by atoms with Crippen LogP contribution in [0.1, 0.15) is 33.3 Å². The predicted molar refractivity (Wildman–Crippen MR) is 91.8 cm³/mol. The van der Waals surface area contributed by atoms with Crippen LogP contribution in [-0.2, 0) is 26.0 Å². The Morgan fingerprint density at radius 2 is 1.84 bits per heavy atom. The van der Waals surface area contributed by atoms with Gasteiger partial charge >= 0.3 is 12.1 Å². The van der Waals surface area contributed by atoms with E-state index in [0.29, 0.717) is 12.0 Å². The van der Waals surface area contributed by atoms with Crippen molar-refractivity contribution < 1.29 is 27.9 Å². The Balaban J connectivity index is 2.87. The van der Waals surface area contributed by atoms with Crippen molar-refractivity contribution >= 4 is 22.1 Å². The number of benzene rings is 1. The molecule has 0 spiro atoms. The van der Waals surface area contributed by atoms with Gasteiger partial charge in [0.15, 0.2) is 0 Å². The van der Waals surface area contributed by atoms with Gasteiger partial charge in [-0.05, 0) is 38.8 Å². The number of carboxylic acids is 1. The zero-order valence-electron chi connectivity index (χ0n) is 14.7. The van der Waals surface area contributed by atoms with Crippen LogP contribution < -0.4 is 10.0 Å². The normalized spacial score (nSPS) is 13.1. The molecule has 8 nitrogen and oxygen atoms in total. The number of aryl methyl sites for hydroxylation is 1. The van der Waals surface area contributed by atoms with Gasteiger partial charge < -0.3 is 15.2 Å². The lowest BCUT2D eigenvalue weighted by Gasteiger charge is -2.21. The molecule has 0 saturated heterocycles. The number of aliphatic carboxylic acids is 1. The number of carboxylic acid groups (broad SMARTS) is 1. The van der Waals surface area contributed by atoms with E-state index in [1.165, 1.54) is 6.07 Å². The van der Waals surface area contributed by atoms with Crippen LogP contribution in [0.4, 0.5) is 4.79 Å². The average Bonchev–Trinajstić information content (AvgIpc) is 2.49. The molecule has 1 rings (SSSR count). The number of hydrogen-bond donors (Lipinski definition) is 3. The maximum atomic E-state index is 12.5. The minimum absolute atomic E-state index is 0.0148. The van der Waals surface area contributed by atoms with Gasteiger partial charge in [-0.15, -0.1) is 0 Å². The number of sulfonamides is 1. The Kier molecular flexibility index (Phi) is 6.95. The summed E-state index contributed by atoms with van der Waals surface area (Å²) >= 11 is 0. The number of carbonyl (C=O) groups is 2. The van der Waals surface area contributed by atoms with Crippen molar-refractivity contribution in [3.05, 3.63) is 29.8 Å². The molecule has 0 aliphatic rings. The van der Waals surface area contributed by atoms with Crippen LogP contribution >= 0.6 is 0 Å². The summed E-state index contributed by atoms with van der Waals surface area (Å²) < 4.78 is 32.1.